The van der Waals surface area contributed by atoms with E-state index in [4.69, 9.17) is 4.74 Å². The standard InChI is InChI=1S/C25H27FN6O4S/c1-31(25(35)18-3-5-20-24(28-18)29-21(34)13-37-20)10-14-11-32(12-19(14)33)8-7-15-16(26)9-27-17-4-6-22(36-2)30-23(15)17/h3-6,9,14,19,33H,7-8,10-13H2,1-2H3,(H,28,29,34)/t14-,19+/m1/s1. The Bertz CT molecular complexity index is 1360. The number of hydrogen-bond donors (Lipinski definition) is 2. The van der Waals surface area contributed by atoms with Crippen molar-refractivity contribution in [2.75, 3.05) is 51.4 Å². The number of methoxy groups -OCH3 is 1. The van der Waals surface area contributed by atoms with Crippen LogP contribution >= 0.6 is 11.8 Å². The van der Waals surface area contributed by atoms with Crippen LogP contribution in [-0.4, -0.2) is 93.9 Å². The number of rotatable bonds is 7. The molecule has 12 heteroatoms. The van der Waals surface area contributed by atoms with Gasteiger partial charge in [-0.2, -0.15) is 0 Å². The second-order valence-electron chi connectivity index (χ2n) is 9.21. The fourth-order valence-electron chi connectivity index (χ4n) is 4.72. The van der Waals surface area contributed by atoms with Crippen LogP contribution in [0.4, 0.5) is 10.2 Å². The van der Waals surface area contributed by atoms with Crippen LogP contribution in [0.3, 0.4) is 0 Å². The molecule has 10 nitrogen and oxygen atoms in total. The highest BCUT2D eigenvalue weighted by atomic mass is 32.2. The number of thioether (sulfide) groups is 1. The summed E-state index contributed by atoms with van der Waals surface area (Å²) in [4.78, 5) is 41.9. The number of ether oxygens (including phenoxy) is 1. The Labute approximate surface area is 217 Å². The number of carbonyl (C=O) groups is 2. The normalized spacial score (nSPS) is 19.5. The third-order valence-electron chi connectivity index (χ3n) is 6.66. The van der Waals surface area contributed by atoms with E-state index in [9.17, 15) is 19.1 Å². The van der Waals surface area contributed by atoms with Crippen molar-refractivity contribution in [3.63, 3.8) is 0 Å². The van der Waals surface area contributed by atoms with E-state index in [1.165, 1.54) is 30.0 Å². The monoisotopic (exact) mass is 526 g/mol. The molecule has 37 heavy (non-hydrogen) atoms. The molecule has 194 valence electrons. The minimum Gasteiger partial charge on any atom is -0.481 e. The highest BCUT2D eigenvalue weighted by Gasteiger charge is 2.33. The summed E-state index contributed by atoms with van der Waals surface area (Å²) in [7, 11) is 3.18. The summed E-state index contributed by atoms with van der Waals surface area (Å²) >= 11 is 1.38. The number of likely N-dealkylation sites (tertiary alicyclic amines) is 1. The Morgan fingerprint density at radius 2 is 2.14 bits per heavy atom. The van der Waals surface area contributed by atoms with Gasteiger partial charge in [0.15, 0.2) is 0 Å². The highest BCUT2D eigenvalue weighted by Crippen LogP contribution is 2.30. The lowest BCUT2D eigenvalue weighted by molar-refractivity contribution is -0.113. The fraction of sp³-hybridized carbons (Fsp3) is 0.400. The first-order chi connectivity index (χ1) is 17.8. The van der Waals surface area contributed by atoms with Gasteiger partial charge < -0.3 is 20.1 Å². The second kappa shape index (κ2) is 10.6. The molecule has 0 aliphatic carbocycles. The van der Waals surface area contributed by atoms with Crippen LogP contribution in [0.5, 0.6) is 5.88 Å². The Balaban J connectivity index is 1.21. The quantitative estimate of drug-likeness (QED) is 0.475. The Morgan fingerprint density at radius 3 is 2.95 bits per heavy atom. The van der Waals surface area contributed by atoms with Crippen molar-refractivity contribution >= 4 is 40.4 Å². The van der Waals surface area contributed by atoms with Gasteiger partial charge in [0.25, 0.3) is 5.91 Å². The molecule has 0 saturated carbocycles. The van der Waals surface area contributed by atoms with Crippen LogP contribution in [0.1, 0.15) is 16.1 Å². The van der Waals surface area contributed by atoms with Gasteiger partial charge in [0.2, 0.25) is 11.8 Å². The molecule has 2 atom stereocenters. The molecule has 3 aromatic rings. The van der Waals surface area contributed by atoms with Gasteiger partial charge in [0.05, 0.1) is 41.1 Å². The molecule has 0 unspecified atom stereocenters. The van der Waals surface area contributed by atoms with E-state index < -0.39 is 11.9 Å². The predicted molar refractivity (Wildman–Crippen MR) is 136 cm³/mol. The summed E-state index contributed by atoms with van der Waals surface area (Å²) in [5.74, 6) is 0.0826. The molecule has 2 N–H and O–H groups in total. The summed E-state index contributed by atoms with van der Waals surface area (Å²) in [6, 6.07) is 6.86. The van der Waals surface area contributed by atoms with E-state index in [2.05, 4.69) is 25.2 Å². The number of aliphatic hydroxyl groups excluding tert-OH is 1. The second-order valence-corrected chi connectivity index (χ2v) is 10.2. The molecule has 2 aliphatic heterocycles. The zero-order valence-corrected chi connectivity index (χ0v) is 21.3. The van der Waals surface area contributed by atoms with Crippen LogP contribution in [0.25, 0.3) is 11.0 Å². The molecule has 2 amide bonds. The Morgan fingerprint density at radius 1 is 1.30 bits per heavy atom. The van der Waals surface area contributed by atoms with E-state index in [1.807, 2.05) is 0 Å². The molecular formula is C25H27FN6O4S. The van der Waals surface area contributed by atoms with Crippen molar-refractivity contribution in [1.29, 1.82) is 0 Å². The number of anilines is 1. The highest BCUT2D eigenvalue weighted by molar-refractivity contribution is 8.00. The predicted octanol–water partition coefficient (Wildman–Crippen LogP) is 1.82. The number of carbonyl (C=O) groups excluding carboxylic acids is 2. The molecule has 5 rings (SSSR count). The zero-order valence-electron chi connectivity index (χ0n) is 20.5. The largest absolute Gasteiger partial charge is 0.481 e. The average molecular weight is 527 g/mol. The number of halogens is 1. The van der Waals surface area contributed by atoms with Crippen molar-refractivity contribution in [3.8, 4) is 5.88 Å². The number of pyridine rings is 3. The SMILES string of the molecule is COc1ccc2ncc(F)c(CCN3C[C@@H](CN(C)C(=O)c4ccc5c(n4)NC(=O)CS5)[C@@H](O)C3)c2n1. The van der Waals surface area contributed by atoms with Crippen molar-refractivity contribution in [2.24, 2.45) is 5.92 Å². The van der Waals surface area contributed by atoms with E-state index >= 15 is 0 Å². The van der Waals surface area contributed by atoms with Gasteiger partial charge in [-0.1, -0.05) is 0 Å². The van der Waals surface area contributed by atoms with Gasteiger partial charge in [0, 0.05) is 50.8 Å². The summed E-state index contributed by atoms with van der Waals surface area (Å²) in [6.45, 7) is 1.84. The van der Waals surface area contributed by atoms with Gasteiger partial charge in [-0.25, -0.2) is 14.4 Å². The molecule has 2 aliphatic rings. The topological polar surface area (TPSA) is 121 Å². The Kier molecular flexibility index (Phi) is 7.22. The van der Waals surface area contributed by atoms with Crippen molar-refractivity contribution in [1.82, 2.24) is 24.8 Å². The number of nitrogens with zero attached hydrogens (tertiary/aromatic N) is 5. The van der Waals surface area contributed by atoms with E-state index in [0.29, 0.717) is 66.6 Å². The lowest BCUT2D eigenvalue weighted by atomic mass is 10.1. The number of nitrogens with one attached hydrogen (secondary N) is 1. The van der Waals surface area contributed by atoms with Gasteiger partial charge in [-0.05, 0) is 24.6 Å². The maximum Gasteiger partial charge on any atom is 0.272 e. The summed E-state index contributed by atoms with van der Waals surface area (Å²) in [6.07, 6.45) is 0.967. The first-order valence-corrected chi connectivity index (χ1v) is 12.9. The van der Waals surface area contributed by atoms with Crippen LogP contribution in [0.2, 0.25) is 0 Å². The van der Waals surface area contributed by atoms with E-state index in [1.54, 1.807) is 31.3 Å². The molecule has 0 bridgehead atoms. The van der Waals surface area contributed by atoms with Crippen molar-refractivity contribution in [2.45, 2.75) is 17.4 Å². The molecule has 5 heterocycles. The van der Waals surface area contributed by atoms with Gasteiger partial charge in [-0.3, -0.25) is 19.5 Å². The summed E-state index contributed by atoms with van der Waals surface area (Å²) in [5.41, 5.74) is 1.74. The van der Waals surface area contributed by atoms with Gasteiger partial charge in [0.1, 0.15) is 17.3 Å². The lowest BCUT2D eigenvalue weighted by Crippen LogP contribution is -2.36. The Hall–Kier alpha value is -3.35. The zero-order chi connectivity index (χ0) is 26.1. The number of amides is 2. The van der Waals surface area contributed by atoms with Crippen LogP contribution < -0.4 is 10.1 Å². The minimum atomic E-state index is -0.625. The molecule has 1 saturated heterocycles. The molecule has 1 fully saturated rings. The van der Waals surface area contributed by atoms with E-state index in [0.717, 1.165) is 4.90 Å². The molecule has 3 aromatic heterocycles. The number of fused-ring (bicyclic) bond motifs is 2. The smallest absolute Gasteiger partial charge is 0.272 e. The van der Waals surface area contributed by atoms with Crippen molar-refractivity contribution in [3.05, 3.63) is 47.5 Å². The van der Waals surface area contributed by atoms with Crippen molar-refractivity contribution < 1.29 is 23.8 Å². The summed E-state index contributed by atoms with van der Waals surface area (Å²) < 4.78 is 19.8. The third kappa shape index (κ3) is 5.36. The van der Waals surface area contributed by atoms with Gasteiger partial charge in [-0.15, -0.1) is 11.8 Å². The van der Waals surface area contributed by atoms with Crippen LogP contribution in [-0.2, 0) is 11.2 Å². The molecule has 0 spiro atoms. The number of hydrogen-bond acceptors (Lipinski definition) is 9. The minimum absolute atomic E-state index is 0.147. The average Bonchev–Trinajstić information content (AvgIpc) is 3.25. The van der Waals surface area contributed by atoms with Crippen LogP contribution in [0.15, 0.2) is 35.4 Å². The maximum atomic E-state index is 14.6. The molecule has 0 radical (unpaired) electrons. The fourth-order valence-corrected chi connectivity index (χ4v) is 5.47. The lowest BCUT2D eigenvalue weighted by Gasteiger charge is -2.23. The number of aliphatic hydroxyl groups is 1. The number of β-amino-alcohol motifs (C(OH)–C–C–N with tert-alkyl or cyclic N) is 1. The maximum absolute atomic E-state index is 14.6. The van der Waals surface area contributed by atoms with Crippen LogP contribution in [0, 0.1) is 11.7 Å². The number of aromatic nitrogens is 3. The summed E-state index contributed by atoms with van der Waals surface area (Å²) in [5, 5.41) is 13.4. The first-order valence-electron chi connectivity index (χ1n) is 11.9. The molecular weight excluding hydrogens is 499 g/mol. The first kappa shape index (κ1) is 25.3. The third-order valence-corrected chi connectivity index (χ3v) is 7.70. The van der Waals surface area contributed by atoms with Gasteiger partial charge >= 0.3 is 0 Å². The van der Waals surface area contributed by atoms with E-state index in [-0.39, 0.29) is 23.4 Å². The molecule has 0 aromatic carbocycles.